The minimum atomic E-state index is -0.232. The summed E-state index contributed by atoms with van der Waals surface area (Å²) in [6.07, 6.45) is 3.72. The van der Waals surface area contributed by atoms with E-state index in [1.165, 1.54) is 12.1 Å². The van der Waals surface area contributed by atoms with Crippen LogP contribution < -0.4 is 5.73 Å². The van der Waals surface area contributed by atoms with Crippen molar-refractivity contribution < 1.29 is 4.39 Å². The van der Waals surface area contributed by atoms with E-state index in [9.17, 15) is 4.39 Å². The highest BCUT2D eigenvalue weighted by Crippen LogP contribution is 2.34. The van der Waals surface area contributed by atoms with Crippen molar-refractivity contribution in [3.8, 4) is 11.3 Å². The van der Waals surface area contributed by atoms with E-state index in [0.717, 1.165) is 29.9 Å². The fourth-order valence-corrected chi connectivity index (χ4v) is 2.23. The molecule has 3 rings (SSSR count). The molecule has 1 aliphatic carbocycles. The van der Waals surface area contributed by atoms with E-state index in [1.54, 1.807) is 12.3 Å². The molecule has 2 aromatic rings. The van der Waals surface area contributed by atoms with Crippen molar-refractivity contribution in [3.05, 3.63) is 42.1 Å². The summed E-state index contributed by atoms with van der Waals surface area (Å²) in [7, 11) is 0. The second-order valence-corrected chi connectivity index (χ2v) is 4.62. The molecule has 1 heterocycles. The van der Waals surface area contributed by atoms with E-state index < -0.39 is 0 Å². The van der Waals surface area contributed by atoms with E-state index >= 15 is 0 Å². The van der Waals surface area contributed by atoms with Gasteiger partial charge in [0.15, 0.2) is 0 Å². The zero-order valence-corrected chi connectivity index (χ0v) is 9.36. The lowest BCUT2D eigenvalue weighted by atomic mass is 9.80. The molecule has 0 spiro atoms. The first-order chi connectivity index (χ1) is 8.22. The van der Waals surface area contributed by atoms with Crippen LogP contribution in [0.2, 0.25) is 0 Å². The van der Waals surface area contributed by atoms with Crippen LogP contribution in [-0.2, 0) is 0 Å². The number of imidazole rings is 1. The van der Waals surface area contributed by atoms with Crippen LogP contribution in [0.25, 0.3) is 11.3 Å². The molecule has 88 valence electrons. The number of aromatic nitrogens is 2. The number of hydrogen-bond donors (Lipinski definition) is 2. The fraction of sp³-hybridized carbons (Fsp3) is 0.308. The van der Waals surface area contributed by atoms with E-state index in [0.29, 0.717) is 12.0 Å². The van der Waals surface area contributed by atoms with Crippen LogP contribution in [0.4, 0.5) is 4.39 Å². The van der Waals surface area contributed by atoms with Gasteiger partial charge in [-0.15, -0.1) is 0 Å². The predicted molar refractivity (Wildman–Crippen MR) is 63.9 cm³/mol. The Hall–Kier alpha value is -1.68. The van der Waals surface area contributed by atoms with Gasteiger partial charge in [0.05, 0.1) is 11.9 Å². The average Bonchev–Trinajstić information content (AvgIpc) is 2.74. The molecule has 0 radical (unpaired) electrons. The Labute approximate surface area is 98.9 Å². The average molecular weight is 231 g/mol. The van der Waals surface area contributed by atoms with Gasteiger partial charge in [0.25, 0.3) is 0 Å². The summed E-state index contributed by atoms with van der Waals surface area (Å²) >= 11 is 0. The first kappa shape index (κ1) is 10.5. The molecule has 1 fully saturated rings. The highest BCUT2D eigenvalue weighted by molar-refractivity contribution is 5.58. The molecule has 0 aliphatic heterocycles. The molecule has 0 saturated heterocycles. The van der Waals surface area contributed by atoms with Gasteiger partial charge >= 0.3 is 0 Å². The third-order valence-electron chi connectivity index (χ3n) is 3.29. The first-order valence-corrected chi connectivity index (χ1v) is 5.79. The number of aromatic amines is 1. The van der Waals surface area contributed by atoms with Crippen molar-refractivity contribution in [1.82, 2.24) is 9.97 Å². The monoisotopic (exact) mass is 231 g/mol. The molecule has 0 unspecified atom stereocenters. The number of nitrogens with two attached hydrogens (primary N) is 1. The van der Waals surface area contributed by atoms with Crippen LogP contribution in [0.1, 0.15) is 24.6 Å². The molecule has 4 heteroatoms. The molecule has 17 heavy (non-hydrogen) atoms. The maximum absolute atomic E-state index is 13.1. The van der Waals surface area contributed by atoms with Gasteiger partial charge in [-0.1, -0.05) is 12.1 Å². The van der Waals surface area contributed by atoms with Gasteiger partial charge in [-0.3, -0.25) is 0 Å². The van der Waals surface area contributed by atoms with E-state index in [2.05, 4.69) is 9.97 Å². The van der Waals surface area contributed by atoms with Crippen LogP contribution in [0.15, 0.2) is 30.5 Å². The Kier molecular flexibility index (Phi) is 2.44. The molecule has 1 saturated carbocycles. The number of hydrogen-bond acceptors (Lipinski definition) is 2. The Bertz CT molecular complexity index is 529. The van der Waals surface area contributed by atoms with Gasteiger partial charge in [-0.05, 0) is 25.0 Å². The van der Waals surface area contributed by atoms with E-state index in [1.807, 2.05) is 6.07 Å². The van der Waals surface area contributed by atoms with Gasteiger partial charge in [-0.2, -0.15) is 0 Å². The molecule has 0 amide bonds. The summed E-state index contributed by atoms with van der Waals surface area (Å²) in [5.41, 5.74) is 7.44. The standard InChI is InChI=1S/C13H14FN3/c14-10-3-1-2-8(4-10)12-7-16-13(17-12)9-5-11(15)6-9/h1-4,7,9,11H,5-6,15H2,(H,16,17). The summed E-state index contributed by atoms with van der Waals surface area (Å²) in [5.74, 6) is 1.17. The van der Waals surface area contributed by atoms with Crippen molar-refractivity contribution in [2.24, 2.45) is 5.73 Å². The number of halogens is 1. The quantitative estimate of drug-likeness (QED) is 0.834. The molecule has 1 aromatic heterocycles. The number of nitrogens with zero attached hydrogens (tertiary/aromatic N) is 1. The topological polar surface area (TPSA) is 54.7 Å². The van der Waals surface area contributed by atoms with Crippen LogP contribution >= 0.6 is 0 Å². The van der Waals surface area contributed by atoms with E-state index in [4.69, 9.17) is 5.73 Å². The summed E-state index contributed by atoms with van der Waals surface area (Å²) < 4.78 is 13.1. The Morgan fingerprint density at radius 2 is 2.18 bits per heavy atom. The normalized spacial score (nSPS) is 23.4. The lowest BCUT2D eigenvalue weighted by molar-refractivity contribution is 0.340. The molecular weight excluding hydrogens is 217 g/mol. The lowest BCUT2D eigenvalue weighted by Crippen LogP contribution is -2.35. The van der Waals surface area contributed by atoms with Gasteiger partial charge < -0.3 is 10.7 Å². The van der Waals surface area contributed by atoms with Gasteiger partial charge in [0, 0.05) is 17.5 Å². The van der Waals surface area contributed by atoms with Gasteiger partial charge in [0.1, 0.15) is 11.6 Å². The number of benzene rings is 1. The fourth-order valence-electron chi connectivity index (χ4n) is 2.23. The van der Waals surface area contributed by atoms with Crippen LogP contribution in [0.5, 0.6) is 0 Å². The van der Waals surface area contributed by atoms with Crippen molar-refractivity contribution in [2.45, 2.75) is 24.8 Å². The van der Waals surface area contributed by atoms with Crippen LogP contribution in [0.3, 0.4) is 0 Å². The lowest BCUT2D eigenvalue weighted by Gasteiger charge is -2.30. The summed E-state index contributed by atoms with van der Waals surface area (Å²) in [4.78, 5) is 7.59. The zero-order chi connectivity index (χ0) is 11.8. The van der Waals surface area contributed by atoms with Crippen molar-refractivity contribution in [2.75, 3.05) is 0 Å². The van der Waals surface area contributed by atoms with Gasteiger partial charge in [-0.25, -0.2) is 9.37 Å². The molecule has 0 bridgehead atoms. The third-order valence-corrected chi connectivity index (χ3v) is 3.29. The number of nitrogens with one attached hydrogen (secondary N) is 1. The van der Waals surface area contributed by atoms with E-state index in [-0.39, 0.29) is 5.82 Å². The van der Waals surface area contributed by atoms with Crippen molar-refractivity contribution in [3.63, 3.8) is 0 Å². The SMILES string of the molecule is NC1CC(c2ncc(-c3cccc(F)c3)[nH]2)C1. The minimum Gasteiger partial charge on any atom is -0.342 e. The Morgan fingerprint density at radius 1 is 1.35 bits per heavy atom. The smallest absolute Gasteiger partial charge is 0.123 e. The Balaban J connectivity index is 1.85. The van der Waals surface area contributed by atoms with Crippen molar-refractivity contribution >= 4 is 0 Å². The molecule has 1 aromatic carbocycles. The highest BCUT2D eigenvalue weighted by Gasteiger charge is 2.29. The van der Waals surface area contributed by atoms with Crippen LogP contribution in [0, 0.1) is 5.82 Å². The first-order valence-electron chi connectivity index (χ1n) is 5.79. The maximum Gasteiger partial charge on any atom is 0.123 e. The predicted octanol–water partition coefficient (Wildman–Crippen LogP) is 2.42. The molecular formula is C13H14FN3. The van der Waals surface area contributed by atoms with Gasteiger partial charge in [0.2, 0.25) is 0 Å². The number of rotatable bonds is 2. The molecule has 3 nitrogen and oxygen atoms in total. The molecule has 3 N–H and O–H groups in total. The second kappa shape index (κ2) is 3.96. The minimum absolute atomic E-state index is 0.232. The maximum atomic E-state index is 13.1. The third kappa shape index (κ3) is 1.96. The molecule has 0 atom stereocenters. The zero-order valence-electron chi connectivity index (χ0n) is 9.36. The van der Waals surface area contributed by atoms with Crippen molar-refractivity contribution in [1.29, 1.82) is 0 Å². The summed E-state index contributed by atoms with van der Waals surface area (Å²) in [6, 6.07) is 6.81. The highest BCUT2D eigenvalue weighted by atomic mass is 19.1. The summed E-state index contributed by atoms with van der Waals surface area (Å²) in [5, 5.41) is 0. The summed E-state index contributed by atoms with van der Waals surface area (Å²) in [6.45, 7) is 0. The second-order valence-electron chi connectivity index (χ2n) is 4.62. The van der Waals surface area contributed by atoms with Crippen LogP contribution in [-0.4, -0.2) is 16.0 Å². The molecule has 1 aliphatic rings. The Morgan fingerprint density at radius 3 is 2.88 bits per heavy atom. The number of H-pyrrole nitrogens is 1. The largest absolute Gasteiger partial charge is 0.342 e.